The number of fused-ring (bicyclic) bond motifs is 3. The van der Waals surface area contributed by atoms with Crippen molar-refractivity contribution >= 4 is 0 Å². The van der Waals surface area contributed by atoms with Crippen molar-refractivity contribution in [3.8, 4) is 5.69 Å². The summed E-state index contributed by atoms with van der Waals surface area (Å²) in [6.45, 7) is 0. The van der Waals surface area contributed by atoms with Crippen LogP contribution in [0.15, 0.2) is 36.5 Å². The van der Waals surface area contributed by atoms with Gasteiger partial charge in [0.15, 0.2) is 0 Å². The molecular weight excluding hydrogens is 160 g/mol. The molecule has 0 amide bonds. The summed E-state index contributed by atoms with van der Waals surface area (Å²) >= 11 is 0. The summed E-state index contributed by atoms with van der Waals surface area (Å²) in [5.74, 6) is 0. The van der Waals surface area contributed by atoms with Gasteiger partial charge in [0.05, 0.1) is 5.69 Å². The highest BCUT2D eigenvalue weighted by Crippen LogP contribution is 2.22. The zero-order valence-corrected chi connectivity index (χ0v) is 7.27. The molecule has 1 aliphatic rings. The third kappa shape index (κ3) is 0.917. The lowest BCUT2D eigenvalue weighted by atomic mass is 10.0. The second-order valence-corrected chi connectivity index (χ2v) is 3.36. The van der Waals surface area contributed by atoms with Crippen LogP contribution < -0.4 is 0 Å². The third-order valence-corrected chi connectivity index (χ3v) is 2.59. The molecule has 1 aliphatic heterocycles. The predicted molar refractivity (Wildman–Crippen MR) is 51.0 cm³/mol. The van der Waals surface area contributed by atoms with Gasteiger partial charge in [-0.1, -0.05) is 18.2 Å². The van der Waals surface area contributed by atoms with Crippen molar-refractivity contribution in [1.82, 2.24) is 9.78 Å². The summed E-state index contributed by atoms with van der Waals surface area (Å²) in [6.07, 6.45) is 4.12. The minimum Gasteiger partial charge on any atom is -0.238 e. The molecule has 0 saturated heterocycles. The largest absolute Gasteiger partial charge is 0.238 e. The molecule has 2 aromatic rings. The van der Waals surface area contributed by atoms with E-state index in [1.807, 2.05) is 10.9 Å². The van der Waals surface area contributed by atoms with Crippen LogP contribution in [-0.4, -0.2) is 9.78 Å². The summed E-state index contributed by atoms with van der Waals surface area (Å²) in [4.78, 5) is 0. The fourth-order valence-corrected chi connectivity index (χ4v) is 1.93. The van der Waals surface area contributed by atoms with Gasteiger partial charge in [-0.3, -0.25) is 0 Å². The monoisotopic (exact) mass is 170 g/mol. The van der Waals surface area contributed by atoms with Crippen LogP contribution in [0.4, 0.5) is 0 Å². The molecule has 3 rings (SSSR count). The lowest BCUT2D eigenvalue weighted by Crippen LogP contribution is -2.12. The van der Waals surface area contributed by atoms with Crippen molar-refractivity contribution in [3.63, 3.8) is 0 Å². The van der Waals surface area contributed by atoms with Crippen molar-refractivity contribution in [1.29, 1.82) is 0 Å². The van der Waals surface area contributed by atoms with E-state index in [0.29, 0.717) is 0 Å². The fraction of sp³-hybridized carbons (Fsp3) is 0.182. The zero-order valence-electron chi connectivity index (χ0n) is 7.27. The SMILES string of the molecule is c1ccc2c(c1)CCc1ccnn1-2. The first kappa shape index (κ1) is 6.89. The Hall–Kier alpha value is -1.57. The van der Waals surface area contributed by atoms with Crippen LogP contribution >= 0.6 is 0 Å². The number of nitrogens with zero attached hydrogens (tertiary/aromatic N) is 2. The van der Waals surface area contributed by atoms with Gasteiger partial charge >= 0.3 is 0 Å². The summed E-state index contributed by atoms with van der Waals surface area (Å²) in [5.41, 5.74) is 3.96. The van der Waals surface area contributed by atoms with Crippen LogP contribution in [0.25, 0.3) is 5.69 Å². The average Bonchev–Trinajstić information content (AvgIpc) is 2.65. The molecule has 2 heterocycles. The molecule has 0 radical (unpaired) electrons. The first-order chi connectivity index (χ1) is 6.45. The Labute approximate surface area is 76.8 Å². The van der Waals surface area contributed by atoms with E-state index < -0.39 is 0 Å². The number of hydrogen-bond acceptors (Lipinski definition) is 1. The summed E-state index contributed by atoms with van der Waals surface area (Å²) in [7, 11) is 0. The molecule has 1 aromatic heterocycles. The maximum Gasteiger partial charge on any atom is 0.0680 e. The van der Waals surface area contributed by atoms with E-state index in [-0.39, 0.29) is 0 Å². The number of para-hydroxylation sites is 1. The van der Waals surface area contributed by atoms with Crippen LogP contribution in [0, 0.1) is 0 Å². The number of benzene rings is 1. The van der Waals surface area contributed by atoms with Crippen LogP contribution in [0.5, 0.6) is 0 Å². The summed E-state index contributed by atoms with van der Waals surface area (Å²) in [6, 6.07) is 10.6. The molecule has 2 nitrogen and oxygen atoms in total. The van der Waals surface area contributed by atoms with Crippen molar-refractivity contribution in [2.24, 2.45) is 0 Å². The Balaban J connectivity index is 2.30. The molecule has 0 N–H and O–H groups in total. The van der Waals surface area contributed by atoms with Gasteiger partial charge in [-0.05, 0) is 30.5 Å². The molecule has 0 saturated carbocycles. The second kappa shape index (κ2) is 2.46. The highest BCUT2D eigenvalue weighted by atomic mass is 15.3. The molecule has 1 aromatic carbocycles. The van der Waals surface area contributed by atoms with Crippen LogP contribution in [0.1, 0.15) is 11.3 Å². The lowest BCUT2D eigenvalue weighted by molar-refractivity contribution is 0.737. The second-order valence-electron chi connectivity index (χ2n) is 3.36. The van der Waals surface area contributed by atoms with E-state index in [2.05, 4.69) is 35.4 Å². The van der Waals surface area contributed by atoms with Crippen molar-refractivity contribution in [2.45, 2.75) is 12.8 Å². The molecule has 64 valence electrons. The Morgan fingerprint density at radius 1 is 1.08 bits per heavy atom. The molecule has 0 atom stereocenters. The molecular formula is C11H10N2. The van der Waals surface area contributed by atoms with Crippen LogP contribution in [-0.2, 0) is 12.8 Å². The number of rotatable bonds is 0. The number of hydrogen-bond donors (Lipinski definition) is 0. The highest BCUT2D eigenvalue weighted by Gasteiger charge is 2.14. The molecule has 0 unspecified atom stereocenters. The minimum absolute atomic E-state index is 1.11. The Morgan fingerprint density at radius 2 is 2.00 bits per heavy atom. The number of aromatic nitrogens is 2. The van der Waals surface area contributed by atoms with Crippen LogP contribution in [0.3, 0.4) is 0 Å². The maximum absolute atomic E-state index is 4.31. The first-order valence-corrected chi connectivity index (χ1v) is 4.56. The van der Waals surface area contributed by atoms with E-state index in [1.165, 1.54) is 16.9 Å². The normalized spacial score (nSPS) is 13.5. The van der Waals surface area contributed by atoms with E-state index >= 15 is 0 Å². The summed E-state index contributed by atoms with van der Waals surface area (Å²) < 4.78 is 2.04. The van der Waals surface area contributed by atoms with Gasteiger partial charge in [0, 0.05) is 11.9 Å². The Kier molecular flexibility index (Phi) is 1.30. The maximum atomic E-state index is 4.31. The minimum atomic E-state index is 1.11. The van der Waals surface area contributed by atoms with Gasteiger partial charge in [-0.25, -0.2) is 4.68 Å². The fourth-order valence-electron chi connectivity index (χ4n) is 1.93. The van der Waals surface area contributed by atoms with Crippen molar-refractivity contribution < 1.29 is 0 Å². The van der Waals surface area contributed by atoms with Crippen LogP contribution in [0.2, 0.25) is 0 Å². The molecule has 0 spiro atoms. The smallest absolute Gasteiger partial charge is 0.0680 e. The topological polar surface area (TPSA) is 17.8 Å². The third-order valence-electron chi connectivity index (χ3n) is 2.59. The molecule has 13 heavy (non-hydrogen) atoms. The molecule has 0 fully saturated rings. The van der Waals surface area contributed by atoms with E-state index in [1.54, 1.807) is 0 Å². The first-order valence-electron chi connectivity index (χ1n) is 4.56. The van der Waals surface area contributed by atoms with Gasteiger partial charge < -0.3 is 0 Å². The molecule has 0 aliphatic carbocycles. The highest BCUT2D eigenvalue weighted by molar-refractivity contribution is 5.44. The van der Waals surface area contributed by atoms with Gasteiger partial charge in [0.2, 0.25) is 0 Å². The van der Waals surface area contributed by atoms with Gasteiger partial charge in [-0.2, -0.15) is 5.10 Å². The molecule has 0 bridgehead atoms. The van der Waals surface area contributed by atoms with Crippen molar-refractivity contribution in [3.05, 3.63) is 47.8 Å². The van der Waals surface area contributed by atoms with E-state index in [9.17, 15) is 0 Å². The zero-order chi connectivity index (χ0) is 8.67. The lowest BCUT2D eigenvalue weighted by Gasteiger charge is -2.17. The predicted octanol–water partition coefficient (Wildman–Crippen LogP) is 1.97. The van der Waals surface area contributed by atoms with E-state index in [4.69, 9.17) is 0 Å². The van der Waals surface area contributed by atoms with Crippen molar-refractivity contribution in [2.75, 3.05) is 0 Å². The Bertz CT molecular complexity index is 443. The van der Waals surface area contributed by atoms with Gasteiger partial charge in [0.25, 0.3) is 0 Å². The van der Waals surface area contributed by atoms with Gasteiger partial charge in [0.1, 0.15) is 0 Å². The Morgan fingerprint density at radius 3 is 3.00 bits per heavy atom. The molecule has 2 heteroatoms. The number of aryl methyl sites for hydroxylation is 2. The van der Waals surface area contributed by atoms with Gasteiger partial charge in [-0.15, -0.1) is 0 Å². The van der Waals surface area contributed by atoms with E-state index in [0.717, 1.165) is 12.8 Å². The standard InChI is InChI=1S/C11H10N2/c1-2-4-11-9(3-1)5-6-10-7-8-12-13(10)11/h1-4,7-8H,5-6H2. The average molecular weight is 170 g/mol. The summed E-state index contributed by atoms with van der Waals surface area (Å²) in [5, 5.41) is 4.31. The quantitative estimate of drug-likeness (QED) is 0.591.